The molecule has 0 aromatic carbocycles. The van der Waals surface area contributed by atoms with Gasteiger partial charge in [-0.2, -0.15) is 4.68 Å². The number of hydrogen-bond acceptors (Lipinski definition) is 4. The molecule has 5 nitrogen and oxygen atoms in total. The lowest BCUT2D eigenvalue weighted by Crippen LogP contribution is -2.32. The zero-order valence-electron chi connectivity index (χ0n) is 8.90. The fourth-order valence-electron chi connectivity index (χ4n) is 2.04. The van der Waals surface area contributed by atoms with Crippen molar-refractivity contribution in [2.75, 3.05) is 0 Å². The lowest BCUT2D eigenvalue weighted by Gasteiger charge is -2.26. The summed E-state index contributed by atoms with van der Waals surface area (Å²) in [6, 6.07) is -0.129. The third-order valence-electron chi connectivity index (χ3n) is 2.96. The summed E-state index contributed by atoms with van der Waals surface area (Å²) in [6.07, 6.45) is 1.83. The van der Waals surface area contributed by atoms with Gasteiger partial charge in [-0.3, -0.25) is 4.79 Å². The highest BCUT2D eigenvalue weighted by Crippen LogP contribution is 2.30. The molecule has 0 spiro atoms. The zero-order valence-corrected chi connectivity index (χ0v) is 8.90. The maximum Gasteiger partial charge on any atom is 0.437 e. The SMILES string of the molecule is Cc1nn(C2CC(=O)CCC2C)c(=O)o1. The van der Waals surface area contributed by atoms with Crippen LogP contribution in [0.25, 0.3) is 0 Å². The molecule has 0 radical (unpaired) electrons. The second kappa shape index (κ2) is 3.64. The molecule has 2 unspecified atom stereocenters. The third-order valence-corrected chi connectivity index (χ3v) is 2.96. The predicted molar refractivity (Wildman–Crippen MR) is 52.6 cm³/mol. The average molecular weight is 210 g/mol. The molecule has 0 N–H and O–H groups in total. The zero-order chi connectivity index (χ0) is 11.0. The number of carbonyl (C=O) groups excluding carboxylic acids is 1. The van der Waals surface area contributed by atoms with Crippen molar-refractivity contribution in [3.63, 3.8) is 0 Å². The van der Waals surface area contributed by atoms with Crippen molar-refractivity contribution in [1.29, 1.82) is 0 Å². The summed E-state index contributed by atoms with van der Waals surface area (Å²) in [6.45, 7) is 3.67. The van der Waals surface area contributed by atoms with Crippen LogP contribution in [0.1, 0.15) is 38.1 Å². The molecule has 1 aliphatic rings. The molecule has 15 heavy (non-hydrogen) atoms. The van der Waals surface area contributed by atoms with E-state index in [1.165, 1.54) is 4.68 Å². The molecule has 1 aromatic heterocycles. The first-order valence-corrected chi connectivity index (χ1v) is 5.16. The van der Waals surface area contributed by atoms with Gasteiger partial charge >= 0.3 is 5.76 Å². The molecule has 82 valence electrons. The van der Waals surface area contributed by atoms with Crippen LogP contribution in [0.15, 0.2) is 9.21 Å². The number of carbonyl (C=O) groups is 1. The Morgan fingerprint density at radius 1 is 1.47 bits per heavy atom. The quantitative estimate of drug-likeness (QED) is 0.695. The van der Waals surface area contributed by atoms with Crippen LogP contribution in [0.4, 0.5) is 0 Å². The smallest absolute Gasteiger partial charge is 0.393 e. The van der Waals surface area contributed by atoms with Crippen LogP contribution in [0, 0.1) is 12.8 Å². The summed E-state index contributed by atoms with van der Waals surface area (Å²) in [4.78, 5) is 22.8. The predicted octanol–water partition coefficient (Wildman–Crippen LogP) is 1.07. The third kappa shape index (κ3) is 1.86. The van der Waals surface area contributed by atoms with Crippen molar-refractivity contribution in [2.24, 2.45) is 5.92 Å². The maximum absolute atomic E-state index is 11.4. The van der Waals surface area contributed by atoms with Gasteiger partial charge < -0.3 is 4.42 Å². The molecule has 1 aliphatic carbocycles. The fourth-order valence-corrected chi connectivity index (χ4v) is 2.04. The minimum atomic E-state index is -0.459. The maximum atomic E-state index is 11.4. The monoisotopic (exact) mass is 210 g/mol. The van der Waals surface area contributed by atoms with Gasteiger partial charge in [0.15, 0.2) is 0 Å². The Balaban J connectivity index is 2.32. The topological polar surface area (TPSA) is 65.1 Å². The average Bonchev–Trinajstić information content (AvgIpc) is 2.50. The van der Waals surface area contributed by atoms with Gasteiger partial charge in [-0.05, 0) is 12.3 Å². The van der Waals surface area contributed by atoms with Crippen LogP contribution in [0.2, 0.25) is 0 Å². The first-order chi connectivity index (χ1) is 7.08. The Kier molecular flexibility index (Phi) is 2.46. The Hall–Kier alpha value is -1.39. The van der Waals surface area contributed by atoms with Gasteiger partial charge in [-0.15, -0.1) is 5.10 Å². The van der Waals surface area contributed by atoms with Crippen molar-refractivity contribution in [3.05, 3.63) is 16.4 Å². The minimum Gasteiger partial charge on any atom is -0.393 e. The van der Waals surface area contributed by atoms with E-state index < -0.39 is 5.76 Å². The normalized spacial score (nSPS) is 26.9. The Labute approximate surface area is 87.1 Å². The molecule has 0 bridgehead atoms. The van der Waals surface area contributed by atoms with Gasteiger partial charge in [0.1, 0.15) is 5.78 Å². The molecule has 1 aromatic rings. The van der Waals surface area contributed by atoms with E-state index in [1.54, 1.807) is 6.92 Å². The van der Waals surface area contributed by atoms with Crippen molar-refractivity contribution >= 4 is 5.78 Å². The fraction of sp³-hybridized carbons (Fsp3) is 0.700. The molecule has 1 fully saturated rings. The summed E-state index contributed by atoms with van der Waals surface area (Å²) >= 11 is 0. The number of ketones is 1. The molecule has 0 saturated heterocycles. The molecule has 1 saturated carbocycles. The first-order valence-electron chi connectivity index (χ1n) is 5.16. The molecular weight excluding hydrogens is 196 g/mol. The highest BCUT2D eigenvalue weighted by atomic mass is 16.4. The number of rotatable bonds is 1. The second-order valence-electron chi connectivity index (χ2n) is 4.16. The van der Waals surface area contributed by atoms with Crippen molar-refractivity contribution in [2.45, 2.75) is 39.2 Å². The molecule has 1 heterocycles. The standard InChI is InChI=1S/C10H14N2O3/c1-6-3-4-8(13)5-9(6)12-10(14)15-7(2)11-12/h6,9H,3-5H2,1-2H3. The van der Waals surface area contributed by atoms with Crippen molar-refractivity contribution < 1.29 is 9.21 Å². The van der Waals surface area contributed by atoms with Crippen molar-refractivity contribution in [1.82, 2.24) is 9.78 Å². The van der Waals surface area contributed by atoms with E-state index in [4.69, 9.17) is 4.42 Å². The minimum absolute atomic E-state index is 0.129. The highest BCUT2D eigenvalue weighted by molar-refractivity contribution is 5.79. The highest BCUT2D eigenvalue weighted by Gasteiger charge is 2.30. The van der Waals surface area contributed by atoms with Gasteiger partial charge in [-0.1, -0.05) is 6.92 Å². The first kappa shape index (κ1) is 10.1. The van der Waals surface area contributed by atoms with Crippen LogP contribution in [0.3, 0.4) is 0 Å². The van der Waals surface area contributed by atoms with E-state index in [2.05, 4.69) is 5.10 Å². The second-order valence-corrected chi connectivity index (χ2v) is 4.16. The number of Topliss-reactive ketones (excluding diaryl/α,β-unsaturated/α-hetero) is 1. The van der Waals surface area contributed by atoms with E-state index in [0.29, 0.717) is 24.7 Å². The van der Waals surface area contributed by atoms with Gasteiger partial charge in [0.05, 0.1) is 6.04 Å². The van der Waals surface area contributed by atoms with Crippen LogP contribution in [0.5, 0.6) is 0 Å². The van der Waals surface area contributed by atoms with E-state index in [9.17, 15) is 9.59 Å². The summed E-state index contributed by atoms with van der Waals surface area (Å²) in [7, 11) is 0. The van der Waals surface area contributed by atoms with Gasteiger partial charge in [0.25, 0.3) is 0 Å². The largest absolute Gasteiger partial charge is 0.437 e. The number of aryl methyl sites for hydroxylation is 1. The lowest BCUT2D eigenvalue weighted by atomic mass is 9.85. The number of nitrogens with zero attached hydrogens (tertiary/aromatic N) is 2. The van der Waals surface area contributed by atoms with Gasteiger partial charge in [0.2, 0.25) is 5.89 Å². The number of hydrogen-bond donors (Lipinski definition) is 0. The Bertz CT molecular complexity index is 432. The molecular formula is C10H14N2O3. The molecule has 5 heteroatoms. The molecule has 2 rings (SSSR count). The number of aromatic nitrogens is 2. The molecule has 2 atom stereocenters. The van der Waals surface area contributed by atoms with E-state index in [1.807, 2.05) is 6.92 Å². The summed E-state index contributed by atoms with van der Waals surface area (Å²) < 4.78 is 6.15. The lowest BCUT2D eigenvalue weighted by molar-refractivity contribution is -0.122. The van der Waals surface area contributed by atoms with E-state index in [-0.39, 0.29) is 11.8 Å². The van der Waals surface area contributed by atoms with Crippen LogP contribution in [-0.2, 0) is 4.79 Å². The van der Waals surface area contributed by atoms with E-state index >= 15 is 0 Å². The van der Waals surface area contributed by atoms with Crippen LogP contribution in [-0.4, -0.2) is 15.6 Å². The Morgan fingerprint density at radius 2 is 2.20 bits per heavy atom. The molecule has 0 aliphatic heterocycles. The van der Waals surface area contributed by atoms with Crippen LogP contribution >= 0.6 is 0 Å². The van der Waals surface area contributed by atoms with E-state index in [0.717, 1.165) is 6.42 Å². The molecule has 0 amide bonds. The summed E-state index contributed by atoms with van der Waals surface area (Å²) in [5, 5.41) is 4.00. The Morgan fingerprint density at radius 3 is 2.80 bits per heavy atom. The van der Waals surface area contributed by atoms with Crippen molar-refractivity contribution in [3.8, 4) is 0 Å². The van der Waals surface area contributed by atoms with Gasteiger partial charge in [0, 0.05) is 19.8 Å². The summed E-state index contributed by atoms with van der Waals surface area (Å²) in [5.74, 6) is 0.389. The van der Waals surface area contributed by atoms with Crippen LogP contribution < -0.4 is 5.76 Å². The summed E-state index contributed by atoms with van der Waals surface area (Å²) in [5.41, 5.74) is 0. The van der Waals surface area contributed by atoms with Gasteiger partial charge in [-0.25, -0.2) is 4.79 Å².